The number of rotatable bonds is 5. The van der Waals surface area contributed by atoms with Crippen LogP contribution in [0.3, 0.4) is 0 Å². The van der Waals surface area contributed by atoms with Gasteiger partial charge in [0, 0.05) is 23.5 Å². The Morgan fingerprint density at radius 1 is 1.48 bits per heavy atom. The van der Waals surface area contributed by atoms with Crippen LogP contribution in [0.25, 0.3) is 10.9 Å². The first kappa shape index (κ1) is 15.2. The van der Waals surface area contributed by atoms with E-state index in [-0.39, 0.29) is 12.2 Å². The zero-order valence-corrected chi connectivity index (χ0v) is 11.7. The van der Waals surface area contributed by atoms with Crippen LogP contribution in [0.5, 0.6) is 5.75 Å². The number of nitrogens with two attached hydrogens (primary N) is 1. The standard InChI is InChI=1S/C14H16F2N2O3/c1-14(17,12(19)20-2)6-8-7-18-11-4-3-9(5-10(8)11)21-13(15)16/h3-5,7,13,18H,6,17H2,1-2H3/t14-/m0/s1. The smallest absolute Gasteiger partial charge is 0.387 e. The molecule has 0 aliphatic rings. The zero-order valence-electron chi connectivity index (χ0n) is 11.7. The lowest BCUT2D eigenvalue weighted by Gasteiger charge is -2.20. The molecule has 7 heteroatoms. The minimum Gasteiger partial charge on any atom is -0.468 e. The van der Waals surface area contributed by atoms with Crippen LogP contribution in [0.4, 0.5) is 8.78 Å². The molecule has 114 valence electrons. The summed E-state index contributed by atoms with van der Waals surface area (Å²) >= 11 is 0. The highest BCUT2D eigenvalue weighted by Gasteiger charge is 2.30. The minimum absolute atomic E-state index is 0.0511. The van der Waals surface area contributed by atoms with Gasteiger partial charge in [0.2, 0.25) is 0 Å². The fraction of sp³-hybridized carbons (Fsp3) is 0.357. The third-order valence-electron chi connectivity index (χ3n) is 3.17. The molecule has 2 aromatic rings. The highest BCUT2D eigenvalue weighted by molar-refractivity contribution is 5.87. The number of nitrogens with one attached hydrogen (secondary N) is 1. The number of H-pyrrole nitrogens is 1. The van der Waals surface area contributed by atoms with Gasteiger partial charge in [0.1, 0.15) is 11.3 Å². The maximum atomic E-state index is 12.3. The number of esters is 1. The van der Waals surface area contributed by atoms with E-state index in [0.717, 1.165) is 11.1 Å². The van der Waals surface area contributed by atoms with Gasteiger partial charge in [-0.2, -0.15) is 8.78 Å². The zero-order chi connectivity index (χ0) is 15.6. The largest absolute Gasteiger partial charge is 0.468 e. The number of halogens is 2. The maximum Gasteiger partial charge on any atom is 0.387 e. The normalized spacial score (nSPS) is 14.2. The van der Waals surface area contributed by atoms with E-state index < -0.39 is 18.1 Å². The van der Waals surface area contributed by atoms with Crippen molar-refractivity contribution in [1.29, 1.82) is 0 Å². The van der Waals surface area contributed by atoms with Crippen molar-refractivity contribution in [2.45, 2.75) is 25.5 Å². The van der Waals surface area contributed by atoms with Crippen LogP contribution >= 0.6 is 0 Å². The number of alkyl halides is 2. The van der Waals surface area contributed by atoms with Crippen LogP contribution in [-0.4, -0.2) is 30.2 Å². The van der Waals surface area contributed by atoms with Crippen LogP contribution in [-0.2, 0) is 16.0 Å². The number of carbonyl (C=O) groups is 1. The van der Waals surface area contributed by atoms with Crippen LogP contribution in [0.1, 0.15) is 12.5 Å². The van der Waals surface area contributed by atoms with Gasteiger partial charge in [0.25, 0.3) is 0 Å². The molecular weight excluding hydrogens is 282 g/mol. The van der Waals surface area contributed by atoms with Crippen molar-refractivity contribution < 1.29 is 23.0 Å². The average Bonchev–Trinajstić information content (AvgIpc) is 2.79. The van der Waals surface area contributed by atoms with Crippen LogP contribution < -0.4 is 10.5 Å². The van der Waals surface area contributed by atoms with Crippen molar-refractivity contribution >= 4 is 16.9 Å². The monoisotopic (exact) mass is 298 g/mol. The van der Waals surface area contributed by atoms with E-state index in [4.69, 9.17) is 5.73 Å². The van der Waals surface area contributed by atoms with Gasteiger partial charge in [-0.1, -0.05) is 0 Å². The quantitative estimate of drug-likeness (QED) is 0.830. The second kappa shape index (κ2) is 5.69. The molecule has 0 amide bonds. The lowest BCUT2D eigenvalue weighted by Crippen LogP contribution is -2.47. The van der Waals surface area contributed by atoms with Gasteiger partial charge >= 0.3 is 12.6 Å². The SMILES string of the molecule is COC(=O)[C@@](C)(N)Cc1c[nH]c2ccc(OC(F)F)cc12. The second-order valence-corrected chi connectivity index (χ2v) is 4.99. The number of hydrogen-bond acceptors (Lipinski definition) is 4. The topological polar surface area (TPSA) is 77.3 Å². The molecule has 0 aliphatic heterocycles. The van der Waals surface area contributed by atoms with Gasteiger partial charge < -0.3 is 20.2 Å². The summed E-state index contributed by atoms with van der Waals surface area (Å²) in [6, 6.07) is 4.56. The van der Waals surface area contributed by atoms with E-state index in [1.165, 1.54) is 19.2 Å². The third kappa shape index (κ3) is 3.30. The summed E-state index contributed by atoms with van der Waals surface area (Å²) in [6.07, 6.45) is 1.89. The molecular formula is C14H16F2N2O3. The minimum atomic E-state index is -2.89. The van der Waals surface area contributed by atoms with Crippen molar-refractivity contribution in [1.82, 2.24) is 4.98 Å². The Balaban J connectivity index is 2.34. The molecule has 0 radical (unpaired) electrons. The Bertz CT molecular complexity index is 653. The van der Waals surface area contributed by atoms with E-state index in [0.29, 0.717) is 5.39 Å². The predicted octanol–water partition coefficient (Wildman–Crippen LogP) is 2.20. The molecule has 0 spiro atoms. The van der Waals surface area contributed by atoms with Crippen LogP contribution in [0.2, 0.25) is 0 Å². The number of hydrogen-bond donors (Lipinski definition) is 2. The van der Waals surface area contributed by atoms with Gasteiger partial charge in [-0.25, -0.2) is 0 Å². The number of benzene rings is 1. The number of aromatic amines is 1. The van der Waals surface area contributed by atoms with Gasteiger partial charge in [-0.05, 0) is 30.7 Å². The van der Waals surface area contributed by atoms with Gasteiger partial charge in [0.15, 0.2) is 0 Å². The molecule has 2 rings (SSSR count). The number of ether oxygens (including phenoxy) is 2. The van der Waals surface area contributed by atoms with Crippen molar-refractivity contribution in [3.63, 3.8) is 0 Å². The highest BCUT2D eigenvalue weighted by atomic mass is 19.3. The fourth-order valence-corrected chi connectivity index (χ4v) is 2.18. The first-order valence-electron chi connectivity index (χ1n) is 6.25. The second-order valence-electron chi connectivity index (χ2n) is 4.99. The van der Waals surface area contributed by atoms with E-state index in [2.05, 4.69) is 14.5 Å². The highest BCUT2D eigenvalue weighted by Crippen LogP contribution is 2.27. The van der Waals surface area contributed by atoms with Crippen molar-refractivity contribution in [2.24, 2.45) is 5.73 Å². The van der Waals surface area contributed by atoms with Crippen molar-refractivity contribution in [3.8, 4) is 5.75 Å². The average molecular weight is 298 g/mol. The molecule has 0 saturated heterocycles. The Hall–Kier alpha value is -2.15. The number of methoxy groups -OCH3 is 1. The fourth-order valence-electron chi connectivity index (χ4n) is 2.18. The predicted molar refractivity (Wildman–Crippen MR) is 73.2 cm³/mol. The van der Waals surface area contributed by atoms with Crippen LogP contribution in [0, 0.1) is 0 Å². The van der Waals surface area contributed by atoms with Gasteiger partial charge in [-0.3, -0.25) is 4.79 Å². The summed E-state index contributed by atoms with van der Waals surface area (Å²) in [4.78, 5) is 14.6. The Morgan fingerprint density at radius 2 is 2.19 bits per heavy atom. The van der Waals surface area contributed by atoms with E-state index >= 15 is 0 Å². The lowest BCUT2D eigenvalue weighted by molar-refractivity contribution is -0.146. The summed E-state index contributed by atoms with van der Waals surface area (Å²) in [6.45, 7) is -1.34. The van der Waals surface area contributed by atoms with E-state index in [1.54, 1.807) is 19.2 Å². The molecule has 1 heterocycles. The summed E-state index contributed by atoms with van der Waals surface area (Å²) in [5, 5.41) is 0.675. The molecule has 0 bridgehead atoms. The molecule has 1 aromatic carbocycles. The first-order chi connectivity index (χ1) is 9.83. The number of aromatic nitrogens is 1. The molecule has 3 N–H and O–H groups in total. The van der Waals surface area contributed by atoms with Crippen molar-refractivity contribution in [3.05, 3.63) is 30.0 Å². The van der Waals surface area contributed by atoms with Crippen molar-refractivity contribution in [2.75, 3.05) is 7.11 Å². The maximum absolute atomic E-state index is 12.3. The first-order valence-corrected chi connectivity index (χ1v) is 6.25. The summed E-state index contributed by atoms with van der Waals surface area (Å²) in [5.74, 6) is -0.494. The molecule has 5 nitrogen and oxygen atoms in total. The Kier molecular flexibility index (Phi) is 4.13. The molecule has 0 saturated carbocycles. The molecule has 21 heavy (non-hydrogen) atoms. The molecule has 0 aliphatic carbocycles. The molecule has 1 atom stereocenters. The molecule has 0 fully saturated rings. The Labute approximate surface area is 120 Å². The van der Waals surface area contributed by atoms with Gasteiger partial charge in [-0.15, -0.1) is 0 Å². The van der Waals surface area contributed by atoms with E-state index in [1.807, 2.05) is 0 Å². The third-order valence-corrected chi connectivity index (χ3v) is 3.17. The number of carbonyl (C=O) groups excluding carboxylic acids is 1. The summed E-state index contributed by atoms with van der Waals surface area (Å²) in [5.41, 5.74) is 6.19. The molecule has 1 aromatic heterocycles. The molecule has 0 unspecified atom stereocenters. The lowest BCUT2D eigenvalue weighted by atomic mass is 9.94. The Morgan fingerprint density at radius 3 is 2.81 bits per heavy atom. The van der Waals surface area contributed by atoms with E-state index in [9.17, 15) is 13.6 Å². The van der Waals surface area contributed by atoms with Crippen LogP contribution in [0.15, 0.2) is 24.4 Å². The number of fused-ring (bicyclic) bond motifs is 1. The summed E-state index contributed by atoms with van der Waals surface area (Å²) < 4.78 is 33.5. The van der Waals surface area contributed by atoms with Gasteiger partial charge in [0.05, 0.1) is 7.11 Å². The summed E-state index contributed by atoms with van der Waals surface area (Å²) in [7, 11) is 1.26.